The number of ether oxygens (including phenoxy) is 1. The number of aliphatic hydroxyl groups is 1. The van der Waals surface area contributed by atoms with Crippen molar-refractivity contribution in [1.29, 1.82) is 0 Å². The summed E-state index contributed by atoms with van der Waals surface area (Å²) in [5.41, 5.74) is 1.17. The quantitative estimate of drug-likeness (QED) is 0.354. The summed E-state index contributed by atoms with van der Waals surface area (Å²) in [7, 11) is 0. The first-order chi connectivity index (χ1) is 15.4. The highest BCUT2D eigenvalue weighted by molar-refractivity contribution is 5.66. The first-order valence-corrected chi connectivity index (χ1v) is 13.7. The van der Waals surface area contributed by atoms with E-state index >= 15 is 0 Å². The van der Waals surface area contributed by atoms with E-state index in [-0.39, 0.29) is 17.5 Å². The average molecular weight is 457 g/mol. The lowest BCUT2D eigenvalue weighted by molar-refractivity contribution is -0.183. The molecule has 0 saturated heterocycles. The van der Waals surface area contributed by atoms with Crippen molar-refractivity contribution in [3.8, 4) is 0 Å². The maximum Gasteiger partial charge on any atom is 0.302 e. The summed E-state index contributed by atoms with van der Waals surface area (Å²) >= 11 is 0. The van der Waals surface area contributed by atoms with Crippen LogP contribution in [0.1, 0.15) is 99.8 Å². The molecule has 3 fully saturated rings. The molecule has 9 atom stereocenters. The molecule has 33 heavy (non-hydrogen) atoms. The highest BCUT2D eigenvalue weighted by Crippen LogP contribution is 2.67. The smallest absolute Gasteiger partial charge is 0.302 e. The SMILES string of the molecule is CC(=O)O[C@@H]1CC[C@@]2(C)[C@@H]3CC[C@]4(C)[C@H](CC[C@H]4[C@H](C)/C=C/[C@H](C)C(C)C)C3=CC[C@@]2(O)C1. The standard InChI is InChI=1S/C30H48O3/c1-19(2)20(3)8-9-21(4)25-10-11-26-24-13-17-30(32)18-23(33-22(5)31)12-16-29(30,7)27(24)14-15-28(25,26)6/h8-9,13,19-21,23,25-27,32H,10-12,14-18H2,1-7H3/b9-8+/t20-,21+,23+,25-,26+,27+,28-,29-,30+/m0/s1. The van der Waals surface area contributed by atoms with E-state index in [0.717, 1.165) is 18.8 Å². The summed E-state index contributed by atoms with van der Waals surface area (Å²) in [6.07, 6.45) is 15.5. The van der Waals surface area contributed by atoms with Gasteiger partial charge in [0.05, 0.1) is 5.60 Å². The van der Waals surface area contributed by atoms with E-state index in [4.69, 9.17) is 4.74 Å². The molecule has 0 amide bonds. The molecule has 0 aliphatic heterocycles. The summed E-state index contributed by atoms with van der Waals surface area (Å²) in [4.78, 5) is 11.5. The first kappa shape index (κ1) is 25.0. The number of carbonyl (C=O) groups is 1. The maximum absolute atomic E-state index is 11.8. The lowest BCUT2D eigenvalue weighted by Crippen LogP contribution is -2.60. The van der Waals surface area contributed by atoms with Gasteiger partial charge < -0.3 is 9.84 Å². The largest absolute Gasteiger partial charge is 0.462 e. The molecule has 4 aliphatic carbocycles. The molecule has 3 saturated carbocycles. The molecule has 4 aliphatic rings. The number of allylic oxidation sites excluding steroid dienone is 3. The number of hydrogen-bond acceptors (Lipinski definition) is 3. The number of fused-ring (bicyclic) bond motifs is 5. The number of carbonyl (C=O) groups excluding carboxylic acids is 1. The number of hydrogen-bond donors (Lipinski definition) is 1. The zero-order chi connectivity index (χ0) is 24.2. The van der Waals surface area contributed by atoms with Crippen molar-refractivity contribution in [3.05, 3.63) is 23.8 Å². The van der Waals surface area contributed by atoms with Crippen molar-refractivity contribution >= 4 is 5.97 Å². The lowest BCUT2D eigenvalue weighted by atomic mass is 9.46. The molecule has 0 heterocycles. The van der Waals surface area contributed by atoms with Gasteiger partial charge in [0.25, 0.3) is 0 Å². The van der Waals surface area contributed by atoms with Gasteiger partial charge in [0.15, 0.2) is 0 Å². The third kappa shape index (κ3) is 4.15. The molecule has 4 rings (SSSR count). The topological polar surface area (TPSA) is 46.5 Å². The molecule has 186 valence electrons. The Morgan fingerprint density at radius 3 is 2.45 bits per heavy atom. The second-order valence-electron chi connectivity index (χ2n) is 13.0. The second-order valence-corrected chi connectivity index (χ2v) is 13.0. The van der Waals surface area contributed by atoms with Crippen molar-refractivity contribution in [3.63, 3.8) is 0 Å². The number of rotatable bonds is 5. The maximum atomic E-state index is 11.8. The molecule has 0 bridgehead atoms. The van der Waals surface area contributed by atoms with Crippen LogP contribution >= 0.6 is 0 Å². The Labute approximate surface area is 202 Å². The molecule has 0 aromatic carbocycles. The molecular formula is C30H48O3. The molecular weight excluding hydrogens is 408 g/mol. The predicted molar refractivity (Wildman–Crippen MR) is 135 cm³/mol. The zero-order valence-corrected chi connectivity index (χ0v) is 22.2. The van der Waals surface area contributed by atoms with Gasteiger partial charge in [-0.15, -0.1) is 0 Å². The van der Waals surface area contributed by atoms with Crippen LogP contribution in [-0.2, 0) is 9.53 Å². The Morgan fingerprint density at radius 2 is 1.79 bits per heavy atom. The van der Waals surface area contributed by atoms with Crippen molar-refractivity contribution in [2.75, 3.05) is 0 Å². The van der Waals surface area contributed by atoms with Crippen molar-refractivity contribution in [1.82, 2.24) is 0 Å². The fourth-order valence-electron chi connectivity index (χ4n) is 8.42. The van der Waals surface area contributed by atoms with E-state index in [1.165, 1.54) is 32.6 Å². The lowest BCUT2D eigenvalue weighted by Gasteiger charge is -2.61. The van der Waals surface area contributed by atoms with Gasteiger partial charge >= 0.3 is 5.97 Å². The fourth-order valence-corrected chi connectivity index (χ4v) is 8.42. The Bertz CT molecular complexity index is 811. The Balaban J connectivity index is 1.55. The van der Waals surface area contributed by atoms with E-state index in [1.807, 2.05) is 0 Å². The van der Waals surface area contributed by atoms with Crippen LogP contribution in [0.2, 0.25) is 0 Å². The van der Waals surface area contributed by atoms with Crippen LogP contribution < -0.4 is 0 Å². The minimum Gasteiger partial charge on any atom is -0.462 e. The molecule has 1 N–H and O–H groups in total. The molecule has 0 unspecified atom stereocenters. The van der Waals surface area contributed by atoms with Crippen molar-refractivity contribution in [2.24, 2.45) is 46.3 Å². The Hall–Kier alpha value is -1.09. The average Bonchev–Trinajstić information content (AvgIpc) is 3.09. The van der Waals surface area contributed by atoms with Gasteiger partial charge in [-0.2, -0.15) is 0 Å². The Kier molecular flexibility index (Phi) is 6.71. The second kappa shape index (κ2) is 8.85. The summed E-state index contributed by atoms with van der Waals surface area (Å²) in [6.45, 7) is 15.8. The Morgan fingerprint density at radius 1 is 1.06 bits per heavy atom. The predicted octanol–water partition coefficient (Wildman–Crippen LogP) is 7.10. The third-order valence-electron chi connectivity index (χ3n) is 11.0. The van der Waals surface area contributed by atoms with Gasteiger partial charge in [-0.3, -0.25) is 4.79 Å². The van der Waals surface area contributed by atoms with Crippen LogP contribution in [0.15, 0.2) is 23.8 Å². The molecule has 3 heteroatoms. The van der Waals surface area contributed by atoms with Crippen LogP contribution in [0, 0.1) is 46.3 Å². The molecule has 0 spiro atoms. The van der Waals surface area contributed by atoms with E-state index < -0.39 is 5.60 Å². The van der Waals surface area contributed by atoms with Crippen LogP contribution in [0.3, 0.4) is 0 Å². The zero-order valence-electron chi connectivity index (χ0n) is 22.2. The van der Waals surface area contributed by atoms with Gasteiger partial charge in [-0.1, -0.05) is 65.3 Å². The monoisotopic (exact) mass is 456 g/mol. The molecule has 3 nitrogen and oxygen atoms in total. The van der Waals surface area contributed by atoms with E-state index in [1.54, 1.807) is 5.57 Å². The molecule has 0 aromatic rings. The van der Waals surface area contributed by atoms with Gasteiger partial charge in [0, 0.05) is 18.8 Å². The normalized spacial score (nSPS) is 44.6. The van der Waals surface area contributed by atoms with Gasteiger partial charge in [0.1, 0.15) is 6.10 Å². The van der Waals surface area contributed by atoms with E-state index in [9.17, 15) is 9.90 Å². The summed E-state index contributed by atoms with van der Waals surface area (Å²) < 4.78 is 5.54. The minimum absolute atomic E-state index is 0.106. The van der Waals surface area contributed by atoms with Gasteiger partial charge in [-0.05, 0) is 85.9 Å². The van der Waals surface area contributed by atoms with Gasteiger partial charge in [0.2, 0.25) is 0 Å². The summed E-state index contributed by atoms with van der Waals surface area (Å²) in [6, 6.07) is 0. The van der Waals surface area contributed by atoms with Crippen LogP contribution in [0.4, 0.5) is 0 Å². The van der Waals surface area contributed by atoms with Crippen LogP contribution in [-0.4, -0.2) is 22.8 Å². The van der Waals surface area contributed by atoms with E-state index in [0.29, 0.717) is 47.8 Å². The van der Waals surface area contributed by atoms with Crippen LogP contribution in [0.25, 0.3) is 0 Å². The first-order valence-electron chi connectivity index (χ1n) is 13.7. The third-order valence-corrected chi connectivity index (χ3v) is 11.0. The van der Waals surface area contributed by atoms with Crippen LogP contribution in [0.5, 0.6) is 0 Å². The minimum atomic E-state index is -0.756. The highest BCUT2D eigenvalue weighted by Gasteiger charge is 2.62. The highest BCUT2D eigenvalue weighted by atomic mass is 16.5. The van der Waals surface area contributed by atoms with Crippen molar-refractivity contribution in [2.45, 2.75) is 112 Å². The van der Waals surface area contributed by atoms with Gasteiger partial charge in [-0.25, -0.2) is 0 Å². The molecule has 0 radical (unpaired) electrons. The summed E-state index contributed by atoms with van der Waals surface area (Å²) in [5, 5.41) is 11.8. The molecule has 0 aromatic heterocycles. The number of esters is 1. The van der Waals surface area contributed by atoms with E-state index in [2.05, 4.69) is 59.8 Å². The summed E-state index contributed by atoms with van der Waals surface area (Å²) in [5.74, 6) is 3.59. The van der Waals surface area contributed by atoms with Crippen molar-refractivity contribution < 1.29 is 14.6 Å². The fraction of sp³-hybridized carbons (Fsp3) is 0.833.